The van der Waals surface area contributed by atoms with Crippen LogP contribution in [-0.2, 0) is 6.42 Å². The van der Waals surface area contributed by atoms with Gasteiger partial charge in [0.05, 0.1) is 25.4 Å². The molecule has 0 spiro atoms. The molecule has 0 saturated carbocycles. The number of hydrogen-bond donors (Lipinski definition) is 3. The number of hydrogen-bond acceptors (Lipinski definition) is 10. The normalized spacial score (nSPS) is 10.8. The first kappa shape index (κ1) is 21.2. The van der Waals surface area contributed by atoms with Crippen LogP contribution in [0.3, 0.4) is 0 Å². The molecule has 12 nitrogen and oxygen atoms in total. The van der Waals surface area contributed by atoms with Gasteiger partial charge in [-0.25, -0.2) is 5.43 Å². The van der Waals surface area contributed by atoms with Crippen molar-refractivity contribution in [1.29, 1.82) is 0 Å². The molecule has 0 aliphatic rings. The van der Waals surface area contributed by atoms with E-state index in [1.54, 1.807) is 18.2 Å². The monoisotopic (exact) mass is 426 g/mol. The van der Waals surface area contributed by atoms with E-state index in [-0.39, 0.29) is 35.1 Å². The van der Waals surface area contributed by atoms with Gasteiger partial charge in [-0.15, -0.1) is 10.2 Å². The molecule has 0 bridgehead atoms. The molecule has 31 heavy (non-hydrogen) atoms. The van der Waals surface area contributed by atoms with Gasteiger partial charge in [-0.3, -0.25) is 19.9 Å². The van der Waals surface area contributed by atoms with Gasteiger partial charge in [-0.05, 0) is 23.8 Å². The Balaban J connectivity index is 1.72. The third-order valence-electron chi connectivity index (χ3n) is 4.18. The molecule has 0 aliphatic heterocycles. The number of phenolic OH excluding ortho intramolecular Hbond substituents is 1. The first-order valence-electron chi connectivity index (χ1n) is 8.84. The molecule has 1 heterocycles. The molecule has 0 unspecified atom stereocenters. The summed E-state index contributed by atoms with van der Waals surface area (Å²) in [4.78, 5) is 25.0. The zero-order valence-corrected chi connectivity index (χ0v) is 16.5. The summed E-state index contributed by atoms with van der Waals surface area (Å²) in [7, 11) is 3.05. The van der Waals surface area contributed by atoms with E-state index in [2.05, 4.69) is 25.7 Å². The minimum atomic E-state index is -0.593. The predicted octanol–water partition coefficient (Wildman–Crippen LogP) is 1.83. The SMILES string of the molecule is COc1ccc(Cc2nnc(NN=Cc3cc([N+](=O)[O-])ccc3O)[nH]c2=O)cc1OC. The van der Waals surface area contributed by atoms with Gasteiger partial charge >= 0.3 is 0 Å². The molecule has 1 aromatic heterocycles. The highest BCUT2D eigenvalue weighted by Gasteiger charge is 2.10. The van der Waals surface area contributed by atoms with Gasteiger partial charge in [-0.2, -0.15) is 5.10 Å². The average Bonchev–Trinajstić information content (AvgIpc) is 2.76. The number of anilines is 1. The average molecular weight is 426 g/mol. The highest BCUT2D eigenvalue weighted by molar-refractivity contribution is 5.84. The Kier molecular flexibility index (Phi) is 6.40. The molecule has 2 aromatic carbocycles. The van der Waals surface area contributed by atoms with Crippen molar-refractivity contribution in [3.63, 3.8) is 0 Å². The minimum absolute atomic E-state index is 0.0396. The number of benzene rings is 2. The number of nitro groups is 1. The van der Waals surface area contributed by atoms with Gasteiger partial charge in [0.25, 0.3) is 11.2 Å². The molecular weight excluding hydrogens is 408 g/mol. The maximum Gasteiger partial charge on any atom is 0.274 e. The number of nitro benzene ring substituents is 1. The van der Waals surface area contributed by atoms with Gasteiger partial charge in [0.15, 0.2) is 11.5 Å². The predicted molar refractivity (Wildman–Crippen MR) is 111 cm³/mol. The number of ether oxygens (including phenoxy) is 2. The van der Waals surface area contributed by atoms with E-state index >= 15 is 0 Å². The third kappa shape index (κ3) is 5.12. The van der Waals surface area contributed by atoms with Crippen LogP contribution in [0.4, 0.5) is 11.6 Å². The van der Waals surface area contributed by atoms with Crippen LogP contribution < -0.4 is 20.5 Å². The number of aromatic amines is 1. The number of H-pyrrole nitrogens is 1. The number of aromatic nitrogens is 3. The van der Waals surface area contributed by atoms with Gasteiger partial charge in [0, 0.05) is 24.1 Å². The molecule has 0 amide bonds. The molecule has 3 N–H and O–H groups in total. The van der Waals surface area contributed by atoms with Gasteiger partial charge in [0.1, 0.15) is 11.4 Å². The summed E-state index contributed by atoms with van der Waals surface area (Å²) in [6.45, 7) is 0. The molecule has 0 saturated heterocycles. The third-order valence-corrected chi connectivity index (χ3v) is 4.18. The second-order valence-electron chi connectivity index (χ2n) is 6.19. The Hall–Kier alpha value is -4.48. The zero-order chi connectivity index (χ0) is 22.4. The van der Waals surface area contributed by atoms with Crippen LogP contribution in [0, 0.1) is 10.1 Å². The Morgan fingerprint density at radius 2 is 1.97 bits per heavy atom. The van der Waals surface area contributed by atoms with E-state index in [1.165, 1.54) is 26.4 Å². The van der Waals surface area contributed by atoms with E-state index in [0.717, 1.165) is 17.8 Å². The first-order valence-corrected chi connectivity index (χ1v) is 8.84. The molecule has 3 aromatic rings. The van der Waals surface area contributed by atoms with E-state index in [0.29, 0.717) is 11.5 Å². The fourth-order valence-electron chi connectivity index (χ4n) is 2.63. The number of phenols is 1. The molecule has 0 aliphatic carbocycles. The lowest BCUT2D eigenvalue weighted by Crippen LogP contribution is -2.18. The van der Waals surface area contributed by atoms with Gasteiger partial charge in [0.2, 0.25) is 5.95 Å². The van der Waals surface area contributed by atoms with E-state index in [9.17, 15) is 20.0 Å². The number of nitrogens with one attached hydrogen (secondary N) is 2. The van der Waals surface area contributed by atoms with Crippen LogP contribution in [0.1, 0.15) is 16.8 Å². The van der Waals surface area contributed by atoms with Gasteiger partial charge < -0.3 is 14.6 Å². The van der Waals surface area contributed by atoms with Gasteiger partial charge in [-0.1, -0.05) is 6.07 Å². The van der Waals surface area contributed by atoms with Crippen molar-refractivity contribution in [2.75, 3.05) is 19.6 Å². The summed E-state index contributed by atoms with van der Waals surface area (Å²) in [5, 5.41) is 32.2. The van der Waals surface area contributed by atoms with E-state index < -0.39 is 10.5 Å². The summed E-state index contributed by atoms with van der Waals surface area (Å²) >= 11 is 0. The first-order chi connectivity index (χ1) is 14.9. The summed E-state index contributed by atoms with van der Waals surface area (Å²) in [5.74, 6) is 0.864. The van der Waals surface area contributed by atoms with Crippen molar-refractivity contribution < 1.29 is 19.5 Å². The molecule has 0 atom stereocenters. The molecule has 160 valence electrons. The summed E-state index contributed by atoms with van der Waals surface area (Å²) in [6.07, 6.45) is 1.37. The molecule has 12 heteroatoms. The van der Waals surface area contributed by atoms with Crippen LogP contribution in [-0.4, -0.2) is 45.6 Å². The van der Waals surface area contributed by atoms with Crippen molar-refractivity contribution in [1.82, 2.24) is 15.2 Å². The van der Waals surface area contributed by atoms with Crippen molar-refractivity contribution >= 4 is 17.9 Å². The number of methoxy groups -OCH3 is 2. The van der Waals surface area contributed by atoms with E-state index in [4.69, 9.17) is 9.47 Å². The second-order valence-corrected chi connectivity index (χ2v) is 6.19. The minimum Gasteiger partial charge on any atom is -0.507 e. The van der Waals surface area contributed by atoms with Crippen LogP contribution in [0.25, 0.3) is 0 Å². The molecule has 0 fully saturated rings. The Morgan fingerprint density at radius 1 is 1.19 bits per heavy atom. The molecular formula is C19H18N6O6. The maximum absolute atomic E-state index is 12.3. The Labute approximate surface area is 175 Å². The highest BCUT2D eigenvalue weighted by atomic mass is 16.6. The van der Waals surface area contributed by atoms with Crippen molar-refractivity contribution in [2.45, 2.75) is 6.42 Å². The lowest BCUT2D eigenvalue weighted by atomic mass is 10.1. The molecule has 0 radical (unpaired) electrons. The fourth-order valence-corrected chi connectivity index (χ4v) is 2.63. The summed E-state index contributed by atoms with van der Waals surface area (Å²) in [5.41, 5.74) is 2.85. The fraction of sp³-hybridized carbons (Fsp3) is 0.158. The second kappa shape index (κ2) is 9.35. The number of non-ortho nitro benzene ring substituents is 1. The van der Waals surface area contributed by atoms with Crippen molar-refractivity contribution in [3.05, 3.63) is 73.7 Å². The number of nitrogens with zero attached hydrogens (tertiary/aromatic N) is 4. The van der Waals surface area contributed by atoms with Crippen LogP contribution in [0.15, 0.2) is 46.3 Å². The lowest BCUT2D eigenvalue weighted by Gasteiger charge is -2.09. The largest absolute Gasteiger partial charge is 0.507 e. The smallest absolute Gasteiger partial charge is 0.274 e. The number of aromatic hydroxyl groups is 1. The van der Waals surface area contributed by atoms with E-state index in [1.807, 2.05) is 0 Å². The standard InChI is InChI=1S/C19H18N6O6/c1-30-16-6-3-11(8-17(16)31-2)7-14-18(27)21-19(24-22-14)23-20-10-12-9-13(25(28)29)4-5-15(12)26/h3-6,8-10,26H,7H2,1-2H3,(H2,21,23,24,27). The zero-order valence-electron chi connectivity index (χ0n) is 16.5. The topological polar surface area (TPSA) is 165 Å². The van der Waals surface area contributed by atoms with Crippen molar-refractivity contribution in [3.8, 4) is 17.2 Å². The van der Waals surface area contributed by atoms with Crippen molar-refractivity contribution in [2.24, 2.45) is 5.10 Å². The number of hydrazone groups is 1. The summed E-state index contributed by atoms with van der Waals surface area (Å²) < 4.78 is 10.4. The van der Waals surface area contributed by atoms with Crippen LogP contribution in [0.5, 0.6) is 17.2 Å². The Bertz CT molecular complexity index is 1190. The quantitative estimate of drug-likeness (QED) is 0.277. The lowest BCUT2D eigenvalue weighted by molar-refractivity contribution is -0.384. The Morgan fingerprint density at radius 3 is 2.65 bits per heavy atom. The highest BCUT2D eigenvalue weighted by Crippen LogP contribution is 2.28. The van der Waals surface area contributed by atoms with Crippen LogP contribution >= 0.6 is 0 Å². The summed E-state index contributed by atoms with van der Waals surface area (Å²) in [6, 6.07) is 8.75. The maximum atomic E-state index is 12.3. The number of rotatable bonds is 8. The molecule has 3 rings (SSSR count). The van der Waals surface area contributed by atoms with Crippen LogP contribution in [0.2, 0.25) is 0 Å².